The third kappa shape index (κ3) is 4.68. The Hall–Kier alpha value is -0.620. The minimum atomic E-state index is 0.0491. The Bertz CT molecular complexity index is 436. The summed E-state index contributed by atoms with van der Waals surface area (Å²) < 4.78 is 18.1. The largest absolute Gasteiger partial charge is 0.492 e. The molecule has 1 aliphatic heterocycles. The van der Waals surface area contributed by atoms with Crippen LogP contribution in [0.1, 0.15) is 31.9 Å². The Morgan fingerprint density at radius 3 is 2.86 bits per heavy atom. The van der Waals surface area contributed by atoms with E-state index in [9.17, 15) is 0 Å². The lowest BCUT2D eigenvalue weighted by Gasteiger charge is -2.31. The Balaban J connectivity index is 2.13. The van der Waals surface area contributed by atoms with E-state index < -0.39 is 0 Å². The van der Waals surface area contributed by atoms with Crippen LogP contribution in [0.25, 0.3) is 0 Å². The quantitative estimate of drug-likeness (QED) is 0.812. The first-order chi connectivity index (χ1) is 10.3. The van der Waals surface area contributed by atoms with Gasteiger partial charge in [-0.05, 0) is 46.6 Å². The van der Waals surface area contributed by atoms with E-state index in [4.69, 9.17) is 14.2 Å². The molecule has 2 rings (SSSR count). The van der Waals surface area contributed by atoms with E-state index >= 15 is 0 Å². The monoisotopic (exact) mass is 357 g/mol. The van der Waals surface area contributed by atoms with Gasteiger partial charge < -0.3 is 19.5 Å². The average Bonchev–Trinajstić information content (AvgIpc) is 2.52. The van der Waals surface area contributed by atoms with Crippen molar-refractivity contribution in [3.8, 4) is 5.75 Å². The molecule has 2 unspecified atom stereocenters. The van der Waals surface area contributed by atoms with E-state index in [1.54, 1.807) is 0 Å². The van der Waals surface area contributed by atoms with E-state index in [1.807, 2.05) is 6.07 Å². The molecule has 1 heterocycles. The minimum absolute atomic E-state index is 0.0491. The fourth-order valence-corrected chi connectivity index (χ4v) is 2.93. The van der Waals surface area contributed by atoms with Crippen molar-refractivity contribution < 1.29 is 14.2 Å². The number of rotatable bonds is 7. The fourth-order valence-electron chi connectivity index (χ4n) is 2.42. The molecule has 0 radical (unpaired) electrons. The maximum absolute atomic E-state index is 5.85. The van der Waals surface area contributed by atoms with Crippen LogP contribution in [0.2, 0.25) is 0 Å². The number of ether oxygens (including phenoxy) is 3. The van der Waals surface area contributed by atoms with E-state index in [1.165, 1.54) is 5.56 Å². The molecule has 4 nitrogen and oxygen atoms in total. The molecule has 1 N–H and O–H groups in total. The Kier molecular flexibility index (Phi) is 6.96. The van der Waals surface area contributed by atoms with Crippen LogP contribution in [0.3, 0.4) is 0 Å². The maximum Gasteiger partial charge on any atom is 0.133 e. The first-order valence-electron chi connectivity index (χ1n) is 7.61. The zero-order valence-electron chi connectivity index (χ0n) is 12.7. The predicted molar refractivity (Wildman–Crippen MR) is 86.9 cm³/mol. The van der Waals surface area contributed by atoms with Crippen LogP contribution in [0.5, 0.6) is 5.75 Å². The van der Waals surface area contributed by atoms with Gasteiger partial charge in [0.25, 0.3) is 0 Å². The lowest BCUT2D eigenvalue weighted by Crippen LogP contribution is -2.40. The number of halogens is 1. The Labute approximate surface area is 135 Å². The summed E-state index contributed by atoms with van der Waals surface area (Å²) in [6.45, 7) is 7.79. The van der Waals surface area contributed by atoms with Crippen molar-refractivity contribution in [3.05, 3.63) is 28.2 Å². The fraction of sp³-hybridized carbons (Fsp3) is 0.625. The molecule has 5 heteroatoms. The van der Waals surface area contributed by atoms with Crippen LogP contribution in [0.15, 0.2) is 22.7 Å². The summed E-state index contributed by atoms with van der Waals surface area (Å²) in [5.41, 5.74) is 1.18. The van der Waals surface area contributed by atoms with Gasteiger partial charge in [-0.1, -0.05) is 19.9 Å². The number of hydrogen-bond acceptors (Lipinski definition) is 4. The zero-order chi connectivity index (χ0) is 15.1. The zero-order valence-corrected chi connectivity index (χ0v) is 14.3. The predicted octanol–water partition coefficient (Wildman–Crippen LogP) is 3.30. The summed E-state index contributed by atoms with van der Waals surface area (Å²) in [6.07, 6.45) is 1.05. The molecule has 21 heavy (non-hydrogen) atoms. The van der Waals surface area contributed by atoms with Gasteiger partial charge in [-0.2, -0.15) is 0 Å². The summed E-state index contributed by atoms with van der Waals surface area (Å²) in [4.78, 5) is 0. The molecule has 1 fully saturated rings. The van der Waals surface area contributed by atoms with Crippen molar-refractivity contribution in [3.63, 3.8) is 0 Å². The molecule has 1 aromatic carbocycles. The van der Waals surface area contributed by atoms with Gasteiger partial charge in [0, 0.05) is 0 Å². The van der Waals surface area contributed by atoms with Gasteiger partial charge >= 0.3 is 0 Å². The topological polar surface area (TPSA) is 39.7 Å². The molecule has 0 amide bonds. The van der Waals surface area contributed by atoms with E-state index in [0.29, 0.717) is 19.8 Å². The van der Waals surface area contributed by atoms with Crippen LogP contribution in [-0.2, 0) is 9.47 Å². The van der Waals surface area contributed by atoms with Gasteiger partial charge in [-0.25, -0.2) is 0 Å². The molecule has 1 aliphatic rings. The summed E-state index contributed by atoms with van der Waals surface area (Å²) in [7, 11) is 0. The molecule has 2 atom stereocenters. The number of benzene rings is 1. The van der Waals surface area contributed by atoms with Crippen molar-refractivity contribution in [2.75, 3.05) is 33.0 Å². The molecule has 0 bridgehead atoms. The summed E-state index contributed by atoms with van der Waals surface area (Å²) in [6, 6.07) is 6.35. The summed E-state index contributed by atoms with van der Waals surface area (Å²) in [5, 5.41) is 3.49. The third-order valence-corrected chi connectivity index (χ3v) is 4.03. The standard InChI is InChI=1S/C16H24BrNO3/c1-3-7-20-14-6-5-12(10-13(14)17)16(18-4-2)15-11-19-8-9-21-15/h5-6,10,15-16,18H,3-4,7-9,11H2,1-2H3. The second kappa shape index (κ2) is 8.73. The van der Waals surface area contributed by atoms with Crippen molar-refractivity contribution >= 4 is 15.9 Å². The summed E-state index contributed by atoms with van der Waals surface area (Å²) in [5.74, 6) is 0.886. The van der Waals surface area contributed by atoms with Crippen LogP contribution in [-0.4, -0.2) is 39.1 Å². The first kappa shape index (κ1) is 16.7. The molecule has 0 spiro atoms. The molecular formula is C16H24BrNO3. The highest BCUT2D eigenvalue weighted by Gasteiger charge is 2.26. The average molecular weight is 358 g/mol. The van der Waals surface area contributed by atoms with Crippen LogP contribution in [0.4, 0.5) is 0 Å². The van der Waals surface area contributed by atoms with Crippen molar-refractivity contribution in [1.82, 2.24) is 5.32 Å². The minimum Gasteiger partial charge on any atom is -0.492 e. The number of nitrogens with one attached hydrogen (secondary N) is 1. The molecule has 1 saturated heterocycles. The van der Waals surface area contributed by atoms with Gasteiger partial charge in [0.1, 0.15) is 11.9 Å². The normalized spacial score (nSPS) is 20.2. The molecule has 1 aromatic rings. The lowest BCUT2D eigenvalue weighted by molar-refractivity contribution is -0.102. The third-order valence-electron chi connectivity index (χ3n) is 3.41. The van der Waals surface area contributed by atoms with Gasteiger partial charge in [-0.3, -0.25) is 0 Å². The Morgan fingerprint density at radius 2 is 2.24 bits per heavy atom. The van der Waals surface area contributed by atoms with Crippen LogP contribution >= 0.6 is 15.9 Å². The van der Waals surface area contributed by atoms with E-state index in [-0.39, 0.29) is 12.1 Å². The molecule has 0 saturated carbocycles. The van der Waals surface area contributed by atoms with Gasteiger partial charge in [0.2, 0.25) is 0 Å². The van der Waals surface area contributed by atoms with Gasteiger partial charge in [-0.15, -0.1) is 0 Å². The first-order valence-corrected chi connectivity index (χ1v) is 8.40. The molecule has 118 valence electrons. The Morgan fingerprint density at radius 1 is 1.38 bits per heavy atom. The highest BCUT2D eigenvalue weighted by Crippen LogP contribution is 2.30. The highest BCUT2D eigenvalue weighted by atomic mass is 79.9. The van der Waals surface area contributed by atoms with E-state index in [0.717, 1.165) is 29.8 Å². The van der Waals surface area contributed by atoms with Crippen molar-refractivity contribution in [2.24, 2.45) is 0 Å². The number of hydrogen-bond donors (Lipinski definition) is 1. The van der Waals surface area contributed by atoms with Gasteiger partial charge in [0.05, 0.1) is 36.9 Å². The molecule has 0 aliphatic carbocycles. The maximum atomic E-state index is 5.85. The number of likely N-dealkylation sites (N-methyl/N-ethyl adjacent to an activating group) is 1. The van der Waals surface area contributed by atoms with E-state index in [2.05, 4.69) is 47.2 Å². The smallest absolute Gasteiger partial charge is 0.133 e. The van der Waals surface area contributed by atoms with Crippen LogP contribution in [0, 0.1) is 0 Å². The lowest BCUT2D eigenvalue weighted by atomic mass is 10.0. The molecule has 0 aromatic heterocycles. The summed E-state index contributed by atoms with van der Waals surface area (Å²) >= 11 is 3.60. The van der Waals surface area contributed by atoms with Crippen molar-refractivity contribution in [1.29, 1.82) is 0 Å². The second-order valence-corrected chi connectivity index (χ2v) is 5.91. The molecular weight excluding hydrogens is 334 g/mol. The second-order valence-electron chi connectivity index (χ2n) is 5.06. The van der Waals surface area contributed by atoms with Crippen molar-refractivity contribution in [2.45, 2.75) is 32.4 Å². The van der Waals surface area contributed by atoms with Crippen LogP contribution < -0.4 is 10.1 Å². The van der Waals surface area contributed by atoms with Gasteiger partial charge in [0.15, 0.2) is 0 Å². The SMILES string of the molecule is CCCOc1ccc(C(NCC)C2COCCO2)cc1Br. The highest BCUT2D eigenvalue weighted by molar-refractivity contribution is 9.10.